The van der Waals surface area contributed by atoms with Gasteiger partial charge in [-0.15, -0.1) is 11.6 Å². The van der Waals surface area contributed by atoms with Crippen molar-refractivity contribution in [2.45, 2.75) is 54.4 Å². The first-order valence-corrected chi connectivity index (χ1v) is 8.93. The van der Waals surface area contributed by atoms with Gasteiger partial charge in [-0.25, -0.2) is 0 Å². The van der Waals surface area contributed by atoms with Gasteiger partial charge in [0.15, 0.2) is 0 Å². The van der Waals surface area contributed by atoms with E-state index in [1.807, 2.05) is 27.7 Å². The molecule has 5 heteroatoms. The molecule has 0 aliphatic carbocycles. The lowest BCUT2D eigenvalue weighted by Crippen LogP contribution is -2.31. The van der Waals surface area contributed by atoms with Crippen LogP contribution < -0.4 is 10.2 Å². The van der Waals surface area contributed by atoms with E-state index in [1.165, 1.54) is 11.1 Å². The smallest absolute Gasteiger partial charge is 0.229 e. The van der Waals surface area contributed by atoms with Crippen molar-refractivity contribution in [2.75, 3.05) is 22.6 Å². The predicted octanol–water partition coefficient (Wildman–Crippen LogP) is 3.98. The second-order valence-electron chi connectivity index (χ2n) is 7.49. The molecule has 1 aromatic rings. The molecule has 0 unspecified atom stereocenters. The number of nitrogens with zero attached hydrogens (tertiary/aromatic N) is 1. The molecule has 0 atom stereocenters. The van der Waals surface area contributed by atoms with E-state index in [4.69, 9.17) is 11.6 Å². The minimum atomic E-state index is -0.503. The highest BCUT2D eigenvalue weighted by Crippen LogP contribution is 2.43. The molecule has 1 aliphatic rings. The average Bonchev–Trinajstić information content (AvgIpc) is 2.91. The first kappa shape index (κ1) is 18.8. The van der Waals surface area contributed by atoms with Gasteiger partial charge in [0.2, 0.25) is 11.8 Å². The van der Waals surface area contributed by atoms with Crippen LogP contribution in [0.4, 0.5) is 11.4 Å². The van der Waals surface area contributed by atoms with E-state index in [-0.39, 0.29) is 11.8 Å². The SMILES string of the molecule is CC(=O)N1CCc2c(C)c(CCCl)c(C)c(NC(=O)C(C)(C)C)c21. The van der Waals surface area contributed by atoms with Crippen LogP contribution in [0.15, 0.2) is 0 Å². The van der Waals surface area contributed by atoms with Crippen molar-refractivity contribution < 1.29 is 9.59 Å². The summed E-state index contributed by atoms with van der Waals surface area (Å²) < 4.78 is 0. The molecule has 1 aromatic carbocycles. The van der Waals surface area contributed by atoms with Gasteiger partial charge in [-0.3, -0.25) is 9.59 Å². The molecule has 1 aliphatic heterocycles. The van der Waals surface area contributed by atoms with E-state index < -0.39 is 5.41 Å². The molecule has 0 radical (unpaired) electrons. The van der Waals surface area contributed by atoms with Gasteiger partial charge in [0.1, 0.15) is 0 Å². The predicted molar refractivity (Wildman–Crippen MR) is 100 cm³/mol. The summed E-state index contributed by atoms with van der Waals surface area (Å²) >= 11 is 5.99. The first-order chi connectivity index (χ1) is 11.1. The Labute approximate surface area is 149 Å². The van der Waals surface area contributed by atoms with Crippen LogP contribution in [-0.4, -0.2) is 24.2 Å². The molecule has 4 nitrogen and oxygen atoms in total. The highest BCUT2D eigenvalue weighted by atomic mass is 35.5. The number of fused-ring (bicyclic) bond motifs is 1. The maximum atomic E-state index is 12.6. The summed E-state index contributed by atoms with van der Waals surface area (Å²) in [5.74, 6) is 0.483. The molecule has 24 heavy (non-hydrogen) atoms. The van der Waals surface area contributed by atoms with Gasteiger partial charge in [0.05, 0.1) is 11.4 Å². The largest absolute Gasteiger partial charge is 0.324 e. The van der Waals surface area contributed by atoms with Gasteiger partial charge >= 0.3 is 0 Å². The normalized spacial score (nSPS) is 13.9. The molecule has 2 amide bonds. The molecule has 0 saturated heterocycles. The third-order valence-electron chi connectivity index (χ3n) is 4.76. The number of rotatable bonds is 3. The van der Waals surface area contributed by atoms with Gasteiger partial charge in [-0.2, -0.15) is 0 Å². The van der Waals surface area contributed by atoms with Crippen molar-refractivity contribution in [1.82, 2.24) is 0 Å². The van der Waals surface area contributed by atoms with Gasteiger partial charge in [-0.05, 0) is 48.9 Å². The van der Waals surface area contributed by atoms with Crippen LogP contribution in [0, 0.1) is 19.3 Å². The standard InChI is InChI=1S/C19H27ClN2O2/c1-11-14(7-9-20)12(2)16(21-18(24)19(4,5)6)17-15(11)8-10-22(17)13(3)23/h7-10H2,1-6H3,(H,21,24). The molecule has 132 valence electrons. The number of hydrogen-bond acceptors (Lipinski definition) is 2. The van der Waals surface area contributed by atoms with Crippen molar-refractivity contribution in [2.24, 2.45) is 5.41 Å². The zero-order valence-electron chi connectivity index (χ0n) is 15.5. The zero-order chi connectivity index (χ0) is 18.2. The lowest BCUT2D eigenvalue weighted by molar-refractivity contribution is -0.123. The van der Waals surface area contributed by atoms with Crippen LogP contribution in [0.2, 0.25) is 0 Å². The van der Waals surface area contributed by atoms with Gasteiger partial charge in [0, 0.05) is 24.8 Å². The quantitative estimate of drug-likeness (QED) is 0.838. The molecule has 0 fully saturated rings. The van der Waals surface area contributed by atoms with E-state index in [1.54, 1.807) is 11.8 Å². The Morgan fingerprint density at radius 1 is 1.21 bits per heavy atom. The number of hydrogen-bond donors (Lipinski definition) is 1. The van der Waals surface area contributed by atoms with Gasteiger partial charge < -0.3 is 10.2 Å². The summed E-state index contributed by atoms with van der Waals surface area (Å²) in [5, 5.41) is 3.09. The minimum Gasteiger partial charge on any atom is -0.324 e. The van der Waals surface area contributed by atoms with E-state index in [2.05, 4.69) is 12.2 Å². The summed E-state index contributed by atoms with van der Waals surface area (Å²) in [5.41, 5.74) is 5.67. The molecule has 1 heterocycles. The second kappa shape index (κ2) is 6.75. The number of alkyl halides is 1. The van der Waals surface area contributed by atoms with Gasteiger partial charge in [-0.1, -0.05) is 20.8 Å². The fourth-order valence-corrected chi connectivity index (χ4v) is 3.49. The number of amides is 2. The highest BCUT2D eigenvalue weighted by molar-refractivity contribution is 6.18. The number of nitrogens with one attached hydrogen (secondary N) is 1. The van der Waals surface area contributed by atoms with Crippen LogP contribution in [-0.2, 0) is 22.4 Å². The maximum absolute atomic E-state index is 12.6. The third kappa shape index (κ3) is 3.30. The molecular formula is C19H27ClN2O2. The Kier molecular flexibility index (Phi) is 5.28. The van der Waals surface area contributed by atoms with Gasteiger partial charge in [0.25, 0.3) is 0 Å². The summed E-state index contributed by atoms with van der Waals surface area (Å²) in [6.45, 7) is 12.0. The van der Waals surface area contributed by atoms with E-state index >= 15 is 0 Å². The van der Waals surface area contributed by atoms with Crippen LogP contribution in [0.1, 0.15) is 49.9 Å². The second-order valence-corrected chi connectivity index (χ2v) is 7.87. The summed E-state index contributed by atoms with van der Waals surface area (Å²) in [6, 6.07) is 0. The topological polar surface area (TPSA) is 49.4 Å². The summed E-state index contributed by atoms with van der Waals surface area (Å²) in [4.78, 5) is 26.4. The monoisotopic (exact) mass is 350 g/mol. The summed E-state index contributed by atoms with van der Waals surface area (Å²) in [6.07, 6.45) is 1.57. The van der Waals surface area contributed by atoms with Crippen molar-refractivity contribution >= 4 is 34.8 Å². The van der Waals surface area contributed by atoms with Crippen molar-refractivity contribution in [3.05, 3.63) is 22.3 Å². The van der Waals surface area contributed by atoms with Crippen LogP contribution in [0.5, 0.6) is 0 Å². The average molecular weight is 351 g/mol. The summed E-state index contributed by atoms with van der Waals surface area (Å²) in [7, 11) is 0. The highest BCUT2D eigenvalue weighted by Gasteiger charge is 2.32. The Balaban J connectivity index is 2.67. The molecule has 1 N–H and O–H groups in total. The Hall–Kier alpha value is -1.55. The van der Waals surface area contributed by atoms with Crippen LogP contribution >= 0.6 is 11.6 Å². The molecule has 0 spiro atoms. The van der Waals surface area contributed by atoms with E-state index in [0.717, 1.165) is 35.3 Å². The van der Waals surface area contributed by atoms with Crippen molar-refractivity contribution in [3.8, 4) is 0 Å². The lowest BCUT2D eigenvalue weighted by atomic mass is 9.90. The number of halogens is 1. The van der Waals surface area contributed by atoms with Crippen LogP contribution in [0.25, 0.3) is 0 Å². The fourth-order valence-electron chi connectivity index (χ4n) is 3.30. The Morgan fingerprint density at radius 2 is 1.83 bits per heavy atom. The molecule has 0 saturated carbocycles. The van der Waals surface area contributed by atoms with Crippen molar-refractivity contribution in [1.29, 1.82) is 0 Å². The number of anilines is 2. The van der Waals surface area contributed by atoms with Crippen molar-refractivity contribution in [3.63, 3.8) is 0 Å². The fraction of sp³-hybridized carbons (Fsp3) is 0.579. The lowest BCUT2D eigenvalue weighted by Gasteiger charge is -2.26. The van der Waals surface area contributed by atoms with E-state index in [0.29, 0.717) is 12.4 Å². The third-order valence-corrected chi connectivity index (χ3v) is 4.94. The number of carbonyl (C=O) groups excluding carboxylic acids is 2. The van der Waals surface area contributed by atoms with Crippen LogP contribution in [0.3, 0.4) is 0 Å². The Morgan fingerprint density at radius 3 is 2.33 bits per heavy atom. The number of benzene rings is 1. The maximum Gasteiger partial charge on any atom is 0.229 e. The zero-order valence-corrected chi connectivity index (χ0v) is 16.2. The first-order valence-electron chi connectivity index (χ1n) is 8.40. The molecular weight excluding hydrogens is 324 g/mol. The molecule has 2 rings (SSSR count). The van der Waals surface area contributed by atoms with E-state index in [9.17, 15) is 9.59 Å². The molecule has 0 bridgehead atoms. The molecule has 0 aromatic heterocycles. The number of carbonyl (C=O) groups is 2. The minimum absolute atomic E-state index is 0.00361. The Bertz CT molecular complexity index is 690.